The highest BCUT2D eigenvalue weighted by atomic mass is 35.5. The molecule has 13 heteroatoms. The topological polar surface area (TPSA) is 170 Å². The summed E-state index contributed by atoms with van der Waals surface area (Å²) in [5.41, 5.74) is -0.141. The molecule has 0 fully saturated rings. The van der Waals surface area contributed by atoms with E-state index < -0.39 is 47.4 Å². The Morgan fingerprint density at radius 3 is 1.65 bits per heavy atom. The van der Waals surface area contributed by atoms with E-state index in [1.807, 2.05) is 0 Å². The lowest BCUT2D eigenvalue weighted by Gasteiger charge is -2.22. The Labute approximate surface area is 256 Å². The zero-order chi connectivity index (χ0) is 33.0. The second-order valence-corrected chi connectivity index (χ2v) is 11.7. The molecule has 2 amide bonds. The van der Waals surface area contributed by atoms with E-state index >= 15 is 0 Å². The maximum Gasteiger partial charge on any atom is 0.408 e. The quantitative estimate of drug-likeness (QED) is 0.239. The molecule has 0 aliphatic carbocycles. The molecule has 238 valence electrons. The van der Waals surface area contributed by atoms with Crippen molar-refractivity contribution >= 4 is 35.7 Å². The standard InChI is InChI=1S/C15H20ClNO5.C15H21NO5/c1-15(2,3)22-14(20)17-12(13(19)21-4)8-9-7-10(18)5-6-11(9)16;1-15(2,3)21-14(19)16-12(13(18)20-4)9-10-6-5-7-11(17)8-10/h5-7,12,18H,8H2,1-4H3,(H,17,20);5-8,12,17H,9H2,1-4H3,(H,16,19)/t2*12-/m00/s1. The van der Waals surface area contributed by atoms with Crippen LogP contribution >= 0.6 is 11.6 Å². The van der Waals surface area contributed by atoms with Crippen molar-refractivity contribution in [3.8, 4) is 11.5 Å². The molecule has 4 N–H and O–H groups in total. The van der Waals surface area contributed by atoms with E-state index in [0.29, 0.717) is 16.1 Å². The number of carbonyl (C=O) groups is 4. The van der Waals surface area contributed by atoms with Gasteiger partial charge in [0.15, 0.2) is 0 Å². The monoisotopic (exact) mass is 624 g/mol. The highest BCUT2D eigenvalue weighted by molar-refractivity contribution is 6.31. The van der Waals surface area contributed by atoms with Crippen LogP contribution in [0.15, 0.2) is 42.5 Å². The van der Waals surface area contributed by atoms with Gasteiger partial charge in [-0.1, -0.05) is 23.7 Å². The van der Waals surface area contributed by atoms with Crippen molar-refractivity contribution < 1.29 is 48.3 Å². The molecule has 0 unspecified atom stereocenters. The van der Waals surface area contributed by atoms with Crippen molar-refractivity contribution in [2.75, 3.05) is 14.2 Å². The number of ether oxygens (including phenoxy) is 4. The van der Waals surface area contributed by atoms with Crippen molar-refractivity contribution in [1.82, 2.24) is 10.6 Å². The van der Waals surface area contributed by atoms with Gasteiger partial charge in [-0.15, -0.1) is 0 Å². The first-order chi connectivity index (χ1) is 19.8. The van der Waals surface area contributed by atoms with E-state index in [2.05, 4.69) is 20.1 Å². The molecule has 0 aliphatic heterocycles. The first kappa shape index (κ1) is 36.8. The van der Waals surface area contributed by atoms with Crippen LogP contribution in [0.4, 0.5) is 9.59 Å². The number of carbonyl (C=O) groups excluding carboxylic acids is 4. The summed E-state index contributed by atoms with van der Waals surface area (Å²) in [6.45, 7) is 10.3. The second kappa shape index (κ2) is 16.4. The average molecular weight is 625 g/mol. The number of amides is 2. The number of methoxy groups -OCH3 is 2. The van der Waals surface area contributed by atoms with Gasteiger partial charge in [0.2, 0.25) is 0 Å². The first-order valence-corrected chi connectivity index (χ1v) is 13.6. The van der Waals surface area contributed by atoms with Crippen LogP contribution in [-0.2, 0) is 41.4 Å². The number of alkyl carbamates (subject to hydrolysis) is 2. The summed E-state index contributed by atoms with van der Waals surface area (Å²) in [5.74, 6) is -1.11. The second-order valence-electron chi connectivity index (χ2n) is 11.3. The number of aromatic hydroxyl groups is 2. The highest BCUT2D eigenvalue weighted by Gasteiger charge is 2.27. The van der Waals surface area contributed by atoms with Gasteiger partial charge in [-0.2, -0.15) is 0 Å². The first-order valence-electron chi connectivity index (χ1n) is 13.2. The Bertz CT molecular complexity index is 1250. The number of rotatable bonds is 8. The zero-order valence-electron chi connectivity index (χ0n) is 25.6. The van der Waals surface area contributed by atoms with Crippen molar-refractivity contribution in [2.45, 2.75) is 77.7 Å². The van der Waals surface area contributed by atoms with Gasteiger partial charge in [-0.25, -0.2) is 19.2 Å². The molecule has 0 aromatic heterocycles. The fourth-order valence-corrected chi connectivity index (χ4v) is 3.62. The summed E-state index contributed by atoms with van der Waals surface area (Å²) >= 11 is 6.02. The Morgan fingerprint density at radius 2 is 1.21 bits per heavy atom. The van der Waals surface area contributed by atoms with Crippen LogP contribution in [0.5, 0.6) is 11.5 Å². The van der Waals surface area contributed by atoms with Crippen LogP contribution in [0.3, 0.4) is 0 Å². The summed E-state index contributed by atoms with van der Waals surface area (Å²) in [6, 6.07) is 8.96. The Balaban J connectivity index is 0.000000430. The molecule has 0 bridgehead atoms. The van der Waals surface area contributed by atoms with Crippen molar-refractivity contribution in [3.63, 3.8) is 0 Å². The molecule has 0 aliphatic rings. The lowest BCUT2D eigenvalue weighted by Crippen LogP contribution is -2.45. The number of phenolic OH excluding ortho intramolecular Hbond substituents is 2. The van der Waals surface area contributed by atoms with Gasteiger partial charge in [-0.3, -0.25) is 0 Å². The van der Waals surface area contributed by atoms with Crippen LogP contribution in [0.2, 0.25) is 5.02 Å². The maximum atomic E-state index is 11.8. The van der Waals surface area contributed by atoms with E-state index in [-0.39, 0.29) is 24.3 Å². The average Bonchev–Trinajstić information content (AvgIpc) is 2.87. The maximum absolute atomic E-state index is 11.8. The minimum Gasteiger partial charge on any atom is -0.508 e. The normalized spacial score (nSPS) is 12.4. The third kappa shape index (κ3) is 15.0. The minimum atomic E-state index is -0.973. The minimum absolute atomic E-state index is 0.0142. The fourth-order valence-electron chi connectivity index (χ4n) is 3.43. The van der Waals surface area contributed by atoms with E-state index in [0.717, 1.165) is 0 Å². The van der Waals surface area contributed by atoms with E-state index in [9.17, 15) is 29.4 Å². The number of phenols is 2. The van der Waals surface area contributed by atoms with E-state index in [1.165, 1.54) is 44.6 Å². The van der Waals surface area contributed by atoms with Gasteiger partial charge in [0.25, 0.3) is 0 Å². The molecule has 2 aromatic carbocycles. The summed E-state index contributed by atoms with van der Waals surface area (Å²) in [4.78, 5) is 47.1. The van der Waals surface area contributed by atoms with E-state index in [4.69, 9.17) is 21.1 Å². The van der Waals surface area contributed by atoms with Gasteiger partial charge in [0, 0.05) is 17.9 Å². The summed E-state index contributed by atoms with van der Waals surface area (Å²) in [7, 11) is 2.46. The Hall–Kier alpha value is -4.19. The lowest BCUT2D eigenvalue weighted by atomic mass is 10.1. The molecule has 0 saturated carbocycles. The molecular formula is C30H41ClN2O10. The summed E-state index contributed by atoms with van der Waals surface area (Å²) < 4.78 is 19.6. The number of esters is 2. The third-order valence-electron chi connectivity index (χ3n) is 5.16. The van der Waals surface area contributed by atoms with Gasteiger partial charge in [0.1, 0.15) is 34.8 Å². The molecule has 12 nitrogen and oxygen atoms in total. The Morgan fingerprint density at radius 1 is 0.744 bits per heavy atom. The molecule has 43 heavy (non-hydrogen) atoms. The van der Waals surface area contributed by atoms with Gasteiger partial charge in [-0.05, 0) is 83.0 Å². The van der Waals surface area contributed by atoms with Crippen molar-refractivity contribution in [2.24, 2.45) is 0 Å². The molecule has 0 spiro atoms. The molecule has 0 radical (unpaired) electrons. The zero-order valence-corrected chi connectivity index (χ0v) is 26.4. The summed E-state index contributed by atoms with van der Waals surface area (Å²) in [5, 5.41) is 24.2. The predicted octanol–water partition coefficient (Wildman–Crippen LogP) is 4.66. The molecule has 2 aromatic rings. The summed E-state index contributed by atoms with van der Waals surface area (Å²) in [6.07, 6.45) is -1.17. The predicted molar refractivity (Wildman–Crippen MR) is 159 cm³/mol. The third-order valence-corrected chi connectivity index (χ3v) is 5.53. The van der Waals surface area contributed by atoms with Crippen LogP contribution in [0.25, 0.3) is 0 Å². The van der Waals surface area contributed by atoms with Crippen LogP contribution < -0.4 is 10.6 Å². The number of halogens is 1. The number of benzene rings is 2. The van der Waals surface area contributed by atoms with Crippen LogP contribution in [-0.4, -0.2) is 71.8 Å². The number of nitrogens with one attached hydrogen (secondary N) is 2. The van der Waals surface area contributed by atoms with Crippen LogP contribution in [0, 0.1) is 0 Å². The molecule has 2 atom stereocenters. The van der Waals surface area contributed by atoms with Gasteiger partial charge >= 0.3 is 24.1 Å². The number of hydrogen-bond donors (Lipinski definition) is 4. The van der Waals surface area contributed by atoms with Gasteiger partial charge < -0.3 is 39.8 Å². The van der Waals surface area contributed by atoms with Crippen LogP contribution in [0.1, 0.15) is 52.7 Å². The lowest BCUT2D eigenvalue weighted by molar-refractivity contribution is -0.143. The van der Waals surface area contributed by atoms with Gasteiger partial charge in [0.05, 0.1) is 14.2 Å². The molecule has 0 heterocycles. The van der Waals surface area contributed by atoms with E-state index in [1.54, 1.807) is 53.7 Å². The number of hydrogen-bond acceptors (Lipinski definition) is 10. The Kier molecular flexibility index (Phi) is 14.1. The SMILES string of the molecule is COC(=O)[C@H](Cc1cc(O)ccc1Cl)NC(=O)OC(C)(C)C.COC(=O)[C@H](Cc1cccc(O)c1)NC(=O)OC(C)(C)C. The smallest absolute Gasteiger partial charge is 0.408 e. The molecular weight excluding hydrogens is 584 g/mol. The molecule has 2 rings (SSSR count). The van der Waals surface area contributed by atoms with Crippen molar-refractivity contribution in [1.29, 1.82) is 0 Å². The largest absolute Gasteiger partial charge is 0.508 e. The fraction of sp³-hybridized carbons (Fsp3) is 0.467. The molecule has 0 saturated heterocycles. The van der Waals surface area contributed by atoms with Crippen molar-refractivity contribution in [3.05, 3.63) is 58.6 Å². The highest BCUT2D eigenvalue weighted by Crippen LogP contribution is 2.23.